The van der Waals surface area contributed by atoms with E-state index in [1.807, 2.05) is 91.0 Å². The molecular weight excluding hydrogens is 738 g/mol. The molecule has 0 aliphatic carbocycles. The summed E-state index contributed by atoms with van der Waals surface area (Å²) in [6, 6.07) is 27.2. The van der Waals surface area contributed by atoms with Crippen molar-refractivity contribution in [2.45, 2.75) is 101 Å². The van der Waals surface area contributed by atoms with Crippen molar-refractivity contribution in [2.75, 3.05) is 19.6 Å². The average Bonchev–Trinajstić information content (AvgIpc) is 3.69. The van der Waals surface area contributed by atoms with E-state index < -0.39 is 91.0 Å². The second kappa shape index (κ2) is 17.3. The maximum Gasteiger partial charge on any atom is 0.411 e. The third-order valence-corrected chi connectivity index (χ3v) is 9.96. The van der Waals surface area contributed by atoms with Crippen molar-refractivity contribution < 1.29 is 61.8 Å². The molecule has 14 nitrogen and oxygen atoms in total. The molecular formula is C40H44ClNO13. The molecule has 4 aliphatic heterocycles. The minimum Gasteiger partial charge on any atom is -0.467 e. The Labute approximate surface area is 323 Å². The lowest BCUT2D eigenvalue weighted by atomic mass is 9.94. The van der Waals surface area contributed by atoms with Gasteiger partial charge in [0.1, 0.15) is 36.3 Å². The first-order valence-corrected chi connectivity index (χ1v) is 18.6. The number of amides is 1. The zero-order valence-corrected chi connectivity index (χ0v) is 31.4. The van der Waals surface area contributed by atoms with Gasteiger partial charge in [-0.1, -0.05) is 91.0 Å². The highest BCUT2D eigenvalue weighted by molar-refractivity contribution is 6.26. The molecule has 55 heavy (non-hydrogen) atoms. The normalized spacial score (nSPS) is 30.9. The van der Waals surface area contributed by atoms with Crippen molar-refractivity contribution >= 4 is 29.6 Å². The highest BCUT2D eigenvalue weighted by Gasteiger charge is 2.62. The van der Waals surface area contributed by atoms with Gasteiger partial charge in [0.15, 0.2) is 36.7 Å². The highest BCUT2D eigenvalue weighted by Crippen LogP contribution is 2.42. The van der Waals surface area contributed by atoms with Crippen LogP contribution in [0.15, 0.2) is 91.0 Å². The molecule has 294 valence electrons. The van der Waals surface area contributed by atoms with Gasteiger partial charge < -0.3 is 47.4 Å². The number of esters is 2. The number of fused-ring (bicyclic) bond motifs is 2. The van der Waals surface area contributed by atoms with E-state index >= 15 is 0 Å². The average molecular weight is 782 g/mol. The number of ether oxygens (including phenoxy) is 10. The van der Waals surface area contributed by atoms with Crippen LogP contribution in [0.5, 0.6) is 0 Å². The minimum absolute atomic E-state index is 0.0974. The number of hydrogen-bond donors (Lipinski definition) is 0. The molecule has 3 aromatic carbocycles. The number of halogens is 1. The van der Waals surface area contributed by atoms with Crippen LogP contribution in [-0.2, 0) is 76.7 Å². The summed E-state index contributed by atoms with van der Waals surface area (Å²) in [6.07, 6.45) is -10.7. The number of alkyl halides is 1. The molecule has 4 heterocycles. The zero-order chi connectivity index (χ0) is 38.5. The number of hydrogen-bond acceptors (Lipinski definition) is 13. The van der Waals surface area contributed by atoms with E-state index in [1.54, 1.807) is 13.8 Å². The second-order valence-corrected chi connectivity index (χ2v) is 14.3. The van der Waals surface area contributed by atoms with Gasteiger partial charge in [-0.15, -0.1) is 11.6 Å². The highest BCUT2D eigenvalue weighted by atomic mass is 35.5. The van der Waals surface area contributed by atoms with E-state index in [2.05, 4.69) is 0 Å². The molecule has 7 rings (SSSR count). The molecule has 1 amide bonds. The van der Waals surface area contributed by atoms with Crippen molar-refractivity contribution in [1.29, 1.82) is 0 Å². The van der Waals surface area contributed by atoms with Gasteiger partial charge in [-0.05, 0) is 30.5 Å². The van der Waals surface area contributed by atoms with Crippen molar-refractivity contribution in [3.8, 4) is 0 Å². The first-order valence-electron chi connectivity index (χ1n) is 18.1. The van der Waals surface area contributed by atoms with E-state index in [0.29, 0.717) is 0 Å². The van der Waals surface area contributed by atoms with E-state index in [-0.39, 0.29) is 26.4 Å². The van der Waals surface area contributed by atoms with Crippen LogP contribution in [-0.4, -0.2) is 110 Å². The first kappa shape index (κ1) is 39.1. The van der Waals surface area contributed by atoms with E-state index in [0.717, 1.165) is 16.7 Å². The van der Waals surface area contributed by atoms with Crippen LogP contribution in [0.3, 0.4) is 0 Å². The summed E-state index contributed by atoms with van der Waals surface area (Å²) in [6.45, 7) is 3.79. The largest absolute Gasteiger partial charge is 0.467 e. The predicted molar refractivity (Wildman–Crippen MR) is 192 cm³/mol. The fourth-order valence-electron chi connectivity index (χ4n) is 7.28. The number of carbonyl (C=O) groups excluding carboxylic acids is 3. The van der Waals surface area contributed by atoms with Crippen molar-refractivity contribution in [3.05, 3.63) is 108 Å². The van der Waals surface area contributed by atoms with Gasteiger partial charge in [0.25, 0.3) is 0 Å². The third kappa shape index (κ3) is 8.97. The van der Waals surface area contributed by atoms with Crippen molar-refractivity contribution in [3.63, 3.8) is 0 Å². The lowest BCUT2D eigenvalue weighted by Crippen LogP contribution is -2.66. The van der Waals surface area contributed by atoms with Crippen LogP contribution >= 0.6 is 11.6 Å². The summed E-state index contributed by atoms with van der Waals surface area (Å²) in [7, 11) is 1.23. The fraction of sp³-hybridized carbons (Fsp3) is 0.475. The van der Waals surface area contributed by atoms with Crippen LogP contribution < -0.4 is 0 Å². The Hall–Kier alpha value is -4.12. The van der Waals surface area contributed by atoms with Crippen LogP contribution in [0.25, 0.3) is 0 Å². The van der Waals surface area contributed by atoms with Crippen LogP contribution in [0.1, 0.15) is 30.5 Å². The zero-order valence-electron chi connectivity index (χ0n) is 30.6. The lowest BCUT2D eigenvalue weighted by molar-refractivity contribution is -0.330. The third-order valence-electron chi connectivity index (χ3n) is 9.74. The summed E-state index contributed by atoms with van der Waals surface area (Å²) in [5.74, 6) is -3.04. The molecule has 0 radical (unpaired) electrons. The molecule has 0 aromatic heterocycles. The molecule has 0 unspecified atom stereocenters. The molecule has 4 fully saturated rings. The quantitative estimate of drug-likeness (QED) is 0.129. The maximum atomic E-state index is 13.8. The molecule has 10 atom stereocenters. The van der Waals surface area contributed by atoms with E-state index in [4.69, 9.17) is 59.0 Å². The van der Waals surface area contributed by atoms with Crippen LogP contribution in [0.4, 0.5) is 4.79 Å². The Balaban J connectivity index is 1.25. The number of benzene rings is 3. The molecule has 3 aromatic rings. The summed E-state index contributed by atoms with van der Waals surface area (Å²) >= 11 is 5.90. The van der Waals surface area contributed by atoms with Gasteiger partial charge in [-0.3, -0.25) is 9.69 Å². The Morgan fingerprint density at radius 1 is 0.800 bits per heavy atom. The van der Waals surface area contributed by atoms with Gasteiger partial charge >= 0.3 is 18.0 Å². The Kier molecular flexibility index (Phi) is 12.3. The van der Waals surface area contributed by atoms with Crippen molar-refractivity contribution in [1.82, 2.24) is 4.90 Å². The second-order valence-electron chi connectivity index (χ2n) is 14.0. The summed E-state index contributed by atoms with van der Waals surface area (Å²) in [4.78, 5) is 41.5. The lowest BCUT2D eigenvalue weighted by Gasteiger charge is -2.47. The summed E-state index contributed by atoms with van der Waals surface area (Å²) in [5.41, 5.74) is 2.55. The molecule has 0 saturated carbocycles. The van der Waals surface area contributed by atoms with Crippen molar-refractivity contribution in [2.24, 2.45) is 0 Å². The maximum absolute atomic E-state index is 13.8. The van der Waals surface area contributed by atoms with Gasteiger partial charge in [0.2, 0.25) is 0 Å². The number of nitrogens with zero attached hydrogens (tertiary/aromatic N) is 1. The summed E-state index contributed by atoms with van der Waals surface area (Å²) < 4.78 is 61.7. The molecule has 15 heteroatoms. The van der Waals surface area contributed by atoms with E-state index in [1.165, 1.54) is 12.0 Å². The Morgan fingerprint density at radius 3 is 2.07 bits per heavy atom. The molecule has 0 N–H and O–H groups in total. The Morgan fingerprint density at radius 2 is 1.44 bits per heavy atom. The number of carbonyl (C=O) groups is 3. The SMILES string of the molecule is COC(=O)[C@H]1O[C@@H]2OC(C)(C)O[C@@H]2[C@@H](OCc2ccccc2)[C@@H]1O[C@H]1O[C@H](COCc2ccccc2)[C@@H](OC(=O)CCl)[C@@H]2OC(=O)N(Cc3ccccc3)[C@@H]12. The van der Waals surface area contributed by atoms with Crippen LogP contribution in [0, 0.1) is 0 Å². The van der Waals surface area contributed by atoms with E-state index in [9.17, 15) is 14.4 Å². The van der Waals surface area contributed by atoms with Gasteiger partial charge in [-0.2, -0.15) is 0 Å². The Bertz CT molecular complexity index is 1750. The standard InChI is InChI=1S/C40H44ClNO13/c1-40(2)54-35-32(48-22-26-17-11-6-12-18-26)33(34(36(44)46-3)52-38(35)55-40)51-37-29-31(53-39(45)42(29)20-24-13-7-4-8-14-24)30(50-28(43)19-41)27(49-37)23-47-21-25-15-9-5-10-16-25/h4-18,27,29-35,37-38H,19-23H2,1-3H3/t27-,29-,30-,31-,32+,33+,34+,35-,37-,38-/m1/s1. The fourth-order valence-corrected chi connectivity index (χ4v) is 7.34. The van der Waals surface area contributed by atoms with Gasteiger partial charge in [-0.25, -0.2) is 9.59 Å². The molecule has 4 saturated heterocycles. The van der Waals surface area contributed by atoms with Gasteiger partial charge in [0, 0.05) is 6.54 Å². The number of methoxy groups -OCH3 is 1. The molecule has 0 spiro atoms. The summed E-state index contributed by atoms with van der Waals surface area (Å²) in [5, 5.41) is 0. The number of rotatable bonds is 14. The smallest absolute Gasteiger partial charge is 0.411 e. The topological polar surface area (TPSA) is 147 Å². The van der Waals surface area contributed by atoms with Gasteiger partial charge in [0.05, 0.1) is 26.9 Å². The minimum atomic E-state index is -1.38. The predicted octanol–water partition coefficient (Wildman–Crippen LogP) is 4.49. The van der Waals surface area contributed by atoms with Crippen LogP contribution in [0.2, 0.25) is 0 Å². The monoisotopic (exact) mass is 781 g/mol. The first-order chi connectivity index (χ1) is 26.6. The molecule has 4 aliphatic rings. The molecule has 0 bridgehead atoms.